The van der Waals surface area contributed by atoms with Crippen molar-refractivity contribution in [3.05, 3.63) is 41.3 Å². The van der Waals surface area contributed by atoms with Crippen LogP contribution in [-0.2, 0) is 14.8 Å². The molecule has 0 bridgehead atoms. The van der Waals surface area contributed by atoms with Gasteiger partial charge in [-0.3, -0.25) is 4.79 Å². The quantitative estimate of drug-likeness (QED) is 0.774. The highest BCUT2D eigenvalue weighted by Gasteiger charge is 2.34. The maximum Gasteiger partial charge on any atom is 0.252 e. The number of carbonyl (C=O) groups is 1. The first kappa shape index (κ1) is 20.8. The average Bonchev–Trinajstić information content (AvgIpc) is 3.15. The molecule has 0 aliphatic carbocycles. The van der Waals surface area contributed by atoms with Gasteiger partial charge in [0.25, 0.3) is 10.0 Å². The van der Waals surface area contributed by atoms with Crippen LogP contribution in [-0.4, -0.2) is 45.3 Å². The Balaban J connectivity index is 1.70. The van der Waals surface area contributed by atoms with Gasteiger partial charge in [-0.25, -0.2) is 8.42 Å². The number of carbonyl (C=O) groups excluding carboxylic acids is 1. The monoisotopic (exact) mass is 421 g/mol. The lowest BCUT2D eigenvalue weighted by Crippen LogP contribution is -2.43. The number of piperidine rings is 1. The fraction of sp³-hybridized carbons (Fsp3) is 0.450. The molecule has 2 aromatic rings. The van der Waals surface area contributed by atoms with E-state index in [1.807, 2.05) is 44.3 Å². The lowest BCUT2D eigenvalue weighted by atomic mass is 9.98. The molecule has 1 aromatic heterocycles. The van der Waals surface area contributed by atoms with Crippen LogP contribution in [0.4, 0.5) is 11.4 Å². The third-order valence-electron chi connectivity index (χ3n) is 5.09. The fourth-order valence-electron chi connectivity index (χ4n) is 3.30. The highest BCUT2D eigenvalue weighted by molar-refractivity contribution is 7.91. The molecule has 1 amide bonds. The SMILES string of the molecule is CCN(C)c1cccc(NC(=O)C2CCCN(S(=O)(=O)c3ccc(C)s3)C2)c1. The number of aryl methyl sites for hydroxylation is 1. The molecule has 6 nitrogen and oxygen atoms in total. The van der Waals surface area contributed by atoms with Crippen LogP contribution in [0.1, 0.15) is 24.6 Å². The molecule has 1 N–H and O–H groups in total. The highest BCUT2D eigenvalue weighted by Crippen LogP contribution is 2.29. The number of nitrogens with zero attached hydrogens (tertiary/aromatic N) is 2. The van der Waals surface area contributed by atoms with E-state index in [-0.39, 0.29) is 18.4 Å². The Bertz CT molecular complexity index is 940. The molecule has 1 aliphatic rings. The second-order valence-corrected chi connectivity index (χ2v) is 10.6. The largest absolute Gasteiger partial charge is 0.375 e. The molecule has 3 rings (SSSR count). The Hall–Kier alpha value is -1.90. The van der Waals surface area contributed by atoms with E-state index in [4.69, 9.17) is 0 Å². The normalized spacial score (nSPS) is 18.0. The summed E-state index contributed by atoms with van der Waals surface area (Å²) in [4.78, 5) is 15.8. The van der Waals surface area contributed by atoms with Gasteiger partial charge in [0.2, 0.25) is 5.91 Å². The summed E-state index contributed by atoms with van der Waals surface area (Å²) in [5, 5.41) is 2.96. The molecule has 1 fully saturated rings. The third-order valence-corrected chi connectivity index (χ3v) is 8.43. The topological polar surface area (TPSA) is 69.7 Å². The number of hydrogen-bond acceptors (Lipinski definition) is 5. The zero-order valence-electron chi connectivity index (χ0n) is 16.5. The van der Waals surface area contributed by atoms with Crippen LogP contribution in [0.5, 0.6) is 0 Å². The first-order valence-corrected chi connectivity index (χ1v) is 11.8. The molecule has 2 heterocycles. The summed E-state index contributed by atoms with van der Waals surface area (Å²) in [6.45, 7) is 5.51. The second-order valence-electron chi connectivity index (χ2n) is 7.12. The lowest BCUT2D eigenvalue weighted by molar-refractivity contribution is -0.120. The summed E-state index contributed by atoms with van der Waals surface area (Å²) < 4.78 is 27.6. The number of sulfonamides is 1. The van der Waals surface area contributed by atoms with E-state index >= 15 is 0 Å². The van der Waals surface area contributed by atoms with Gasteiger partial charge in [-0.2, -0.15) is 4.31 Å². The predicted molar refractivity (Wildman–Crippen MR) is 115 cm³/mol. The summed E-state index contributed by atoms with van der Waals surface area (Å²) in [5.41, 5.74) is 1.76. The van der Waals surface area contributed by atoms with Gasteiger partial charge < -0.3 is 10.2 Å². The van der Waals surface area contributed by atoms with Crippen molar-refractivity contribution in [1.29, 1.82) is 0 Å². The number of hydrogen-bond donors (Lipinski definition) is 1. The fourth-order valence-corrected chi connectivity index (χ4v) is 6.26. The summed E-state index contributed by atoms with van der Waals surface area (Å²) in [5.74, 6) is -0.476. The van der Waals surface area contributed by atoms with Gasteiger partial charge in [0, 0.05) is 42.9 Å². The summed E-state index contributed by atoms with van der Waals surface area (Å²) >= 11 is 1.27. The van der Waals surface area contributed by atoms with E-state index in [9.17, 15) is 13.2 Å². The number of rotatable bonds is 6. The van der Waals surface area contributed by atoms with Gasteiger partial charge in [0.1, 0.15) is 4.21 Å². The first-order chi connectivity index (χ1) is 13.3. The van der Waals surface area contributed by atoms with Crippen molar-refractivity contribution in [2.45, 2.75) is 30.9 Å². The van der Waals surface area contributed by atoms with E-state index in [0.717, 1.165) is 22.8 Å². The zero-order chi connectivity index (χ0) is 20.3. The molecule has 0 saturated carbocycles. The van der Waals surface area contributed by atoms with Crippen molar-refractivity contribution >= 4 is 38.6 Å². The molecule has 0 spiro atoms. The van der Waals surface area contributed by atoms with Crippen molar-refractivity contribution < 1.29 is 13.2 Å². The number of anilines is 2. The van der Waals surface area contributed by atoms with Crippen LogP contribution in [0.25, 0.3) is 0 Å². The molecule has 1 unspecified atom stereocenters. The number of nitrogens with one attached hydrogen (secondary N) is 1. The first-order valence-electron chi connectivity index (χ1n) is 9.50. The van der Waals surface area contributed by atoms with Gasteiger partial charge in [-0.1, -0.05) is 6.07 Å². The highest BCUT2D eigenvalue weighted by atomic mass is 32.2. The van der Waals surface area contributed by atoms with E-state index in [1.165, 1.54) is 15.6 Å². The van der Waals surface area contributed by atoms with Crippen LogP contribution in [0.2, 0.25) is 0 Å². The van der Waals surface area contributed by atoms with Gasteiger partial charge in [0.15, 0.2) is 0 Å². The molecule has 1 atom stereocenters. The number of benzene rings is 1. The minimum Gasteiger partial charge on any atom is -0.375 e. The third kappa shape index (κ3) is 4.56. The van der Waals surface area contributed by atoms with Crippen LogP contribution >= 0.6 is 11.3 Å². The molecule has 8 heteroatoms. The molecular formula is C20H27N3O3S2. The van der Waals surface area contributed by atoms with Crippen molar-refractivity contribution in [3.8, 4) is 0 Å². The van der Waals surface area contributed by atoms with E-state index < -0.39 is 10.0 Å². The number of amides is 1. The Morgan fingerprint density at radius 2 is 2.11 bits per heavy atom. The standard InChI is InChI=1S/C20H27N3O3S2/c1-4-22(3)18-9-5-8-17(13-18)21-20(24)16-7-6-12-23(14-16)28(25,26)19-11-10-15(2)27-19/h5,8-11,13,16H,4,6-7,12,14H2,1-3H3,(H,21,24). The molecule has 28 heavy (non-hydrogen) atoms. The maximum absolute atomic E-state index is 12.9. The number of thiophene rings is 1. The van der Waals surface area contributed by atoms with E-state index in [0.29, 0.717) is 23.6 Å². The van der Waals surface area contributed by atoms with Crippen molar-refractivity contribution in [3.63, 3.8) is 0 Å². The summed E-state index contributed by atoms with van der Waals surface area (Å²) in [6, 6.07) is 11.2. The molecule has 152 valence electrons. The smallest absolute Gasteiger partial charge is 0.252 e. The van der Waals surface area contributed by atoms with Crippen LogP contribution in [0.15, 0.2) is 40.6 Å². The summed E-state index contributed by atoms with van der Waals surface area (Å²) in [6.07, 6.45) is 1.37. The minimum atomic E-state index is -3.54. The molecule has 1 aliphatic heterocycles. The van der Waals surface area contributed by atoms with Crippen molar-refractivity contribution in [2.75, 3.05) is 36.9 Å². The molecule has 1 aromatic carbocycles. The zero-order valence-corrected chi connectivity index (χ0v) is 18.1. The molecular weight excluding hydrogens is 394 g/mol. The Labute approximate surface area is 171 Å². The lowest BCUT2D eigenvalue weighted by Gasteiger charge is -2.30. The van der Waals surface area contributed by atoms with Crippen LogP contribution < -0.4 is 10.2 Å². The van der Waals surface area contributed by atoms with Gasteiger partial charge in [0.05, 0.1) is 5.92 Å². The van der Waals surface area contributed by atoms with E-state index in [2.05, 4.69) is 17.1 Å². The Morgan fingerprint density at radius 3 is 2.79 bits per heavy atom. The van der Waals surface area contributed by atoms with Crippen molar-refractivity contribution in [1.82, 2.24) is 4.31 Å². The van der Waals surface area contributed by atoms with Gasteiger partial charge in [-0.05, 0) is 57.0 Å². The summed E-state index contributed by atoms with van der Waals surface area (Å²) in [7, 11) is -1.54. The van der Waals surface area contributed by atoms with Gasteiger partial charge in [-0.15, -0.1) is 11.3 Å². The Morgan fingerprint density at radius 1 is 1.32 bits per heavy atom. The minimum absolute atomic E-state index is 0.126. The maximum atomic E-state index is 12.9. The second kappa shape index (κ2) is 8.63. The average molecular weight is 422 g/mol. The van der Waals surface area contributed by atoms with Crippen LogP contribution in [0, 0.1) is 12.8 Å². The van der Waals surface area contributed by atoms with Crippen LogP contribution in [0.3, 0.4) is 0 Å². The van der Waals surface area contributed by atoms with E-state index in [1.54, 1.807) is 6.07 Å². The predicted octanol–water partition coefficient (Wildman–Crippen LogP) is 3.55. The Kier molecular flexibility index (Phi) is 6.42. The van der Waals surface area contributed by atoms with Gasteiger partial charge >= 0.3 is 0 Å². The molecule has 0 radical (unpaired) electrons. The molecule has 1 saturated heterocycles. The van der Waals surface area contributed by atoms with Crippen molar-refractivity contribution in [2.24, 2.45) is 5.92 Å².